The van der Waals surface area contributed by atoms with Gasteiger partial charge in [-0.2, -0.15) is 13.2 Å². The van der Waals surface area contributed by atoms with Gasteiger partial charge in [-0.15, -0.1) is 0 Å². The number of urea groups is 1. The van der Waals surface area contributed by atoms with Crippen LogP contribution in [0.25, 0.3) is 0 Å². The van der Waals surface area contributed by atoms with Crippen molar-refractivity contribution in [2.45, 2.75) is 26.1 Å². The molecule has 0 fully saturated rings. The molecule has 0 aromatic carbocycles. The number of aliphatic carboxylic acids is 1. The lowest BCUT2D eigenvalue weighted by atomic mass is 10.3. The minimum absolute atomic E-state index is 0.116. The number of carbonyl (C=O) groups is 3. The van der Waals surface area contributed by atoms with Crippen molar-refractivity contribution < 1.29 is 37.4 Å². The number of carboxylic acid groups (broad SMARTS) is 1. The number of esters is 1. The van der Waals surface area contributed by atoms with Crippen LogP contribution in [0.2, 0.25) is 0 Å². The van der Waals surface area contributed by atoms with Crippen LogP contribution in [0.3, 0.4) is 0 Å². The van der Waals surface area contributed by atoms with Crippen LogP contribution in [0.15, 0.2) is 0 Å². The molecule has 0 aliphatic rings. The van der Waals surface area contributed by atoms with Gasteiger partial charge in [0, 0.05) is 6.04 Å². The maximum Gasteiger partial charge on any atom is 0.406 e. The molecular weight excluding hydrogens is 297 g/mol. The molecule has 0 unspecified atom stereocenters. The number of halogens is 3. The maximum atomic E-state index is 12.4. The van der Waals surface area contributed by atoms with Crippen LogP contribution in [0.5, 0.6) is 0 Å². The number of ether oxygens (including phenoxy) is 1. The lowest BCUT2D eigenvalue weighted by Crippen LogP contribution is -2.52. The predicted molar refractivity (Wildman–Crippen MR) is 64.5 cm³/mol. The number of nitrogens with zero attached hydrogens (tertiary/aromatic N) is 2. The number of methoxy groups -OCH3 is 1. The second kappa shape index (κ2) is 7.70. The van der Waals surface area contributed by atoms with Gasteiger partial charge in [0.1, 0.15) is 19.6 Å². The van der Waals surface area contributed by atoms with Gasteiger partial charge in [-0.1, -0.05) is 0 Å². The Bertz CT molecular complexity index is 398. The van der Waals surface area contributed by atoms with Crippen LogP contribution >= 0.6 is 0 Å². The molecule has 0 bridgehead atoms. The van der Waals surface area contributed by atoms with Gasteiger partial charge in [-0.3, -0.25) is 9.59 Å². The Kier molecular flexibility index (Phi) is 6.96. The minimum atomic E-state index is -4.75. The molecule has 1 N–H and O–H groups in total. The summed E-state index contributed by atoms with van der Waals surface area (Å²) in [6.07, 6.45) is -4.75. The molecule has 0 heterocycles. The average Bonchev–Trinajstić information content (AvgIpc) is 2.31. The fourth-order valence-electron chi connectivity index (χ4n) is 1.43. The third-order valence-electron chi connectivity index (χ3n) is 2.36. The standard InChI is InChI=1S/C11H17F3N2O5/c1-7(2)16(5-9(19)21-3)10(20)15(4-8(17)18)6-11(12,13)14/h7H,4-6H2,1-3H3,(H,17,18). The van der Waals surface area contributed by atoms with E-state index in [0.29, 0.717) is 0 Å². The number of amides is 2. The van der Waals surface area contributed by atoms with Crippen molar-refractivity contribution >= 4 is 18.0 Å². The van der Waals surface area contributed by atoms with Crippen molar-refractivity contribution in [2.75, 3.05) is 26.7 Å². The first kappa shape index (κ1) is 19.0. The van der Waals surface area contributed by atoms with Crippen molar-refractivity contribution in [3.05, 3.63) is 0 Å². The van der Waals surface area contributed by atoms with Crippen LogP contribution in [0.4, 0.5) is 18.0 Å². The van der Waals surface area contributed by atoms with Crippen molar-refractivity contribution in [1.29, 1.82) is 0 Å². The molecule has 0 aromatic heterocycles. The lowest BCUT2D eigenvalue weighted by Gasteiger charge is -2.32. The summed E-state index contributed by atoms with van der Waals surface area (Å²) < 4.78 is 41.6. The largest absolute Gasteiger partial charge is 0.480 e. The van der Waals surface area contributed by atoms with E-state index in [2.05, 4.69) is 4.74 Å². The number of carboxylic acids is 1. The van der Waals surface area contributed by atoms with Crippen LogP contribution < -0.4 is 0 Å². The van der Waals surface area contributed by atoms with E-state index in [0.717, 1.165) is 12.0 Å². The second-order valence-electron chi connectivity index (χ2n) is 4.45. The molecule has 0 aromatic rings. The summed E-state index contributed by atoms with van der Waals surface area (Å²) in [7, 11) is 1.07. The van der Waals surface area contributed by atoms with E-state index in [1.54, 1.807) is 0 Å². The predicted octanol–water partition coefficient (Wildman–Crippen LogP) is 0.939. The Morgan fingerprint density at radius 2 is 1.71 bits per heavy atom. The van der Waals surface area contributed by atoms with Gasteiger partial charge in [0.15, 0.2) is 0 Å². The van der Waals surface area contributed by atoms with E-state index in [-0.39, 0.29) is 4.90 Å². The summed E-state index contributed by atoms with van der Waals surface area (Å²) in [5, 5.41) is 8.61. The maximum absolute atomic E-state index is 12.4. The van der Waals surface area contributed by atoms with E-state index >= 15 is 0 Å². The van der Waals surface area contributed by atoms with Crippen LogP contribution in [-0.4, -0.2) is 71.8 Å². The number of hydrogen-bond acceptors (Lipinski definition) is 4. The zero-order valence-electron chi connectivity index (χ0n) is 11.8. The number of hydrogen-bond donors (Lipinski definition) is 1. The summed E-state index contributed by atoms with van der Waals surface area (Å²) in [6.45, 7) is -0.451. The highest BCUT2D eigenvalue weighted by Crippen LogP contribution is 2.18. The molecule has 0 atom stereocenters. The monoisotopic (exact) mass is 314 g/mol. The normalized spacial score (nSPS) is 11.2. The molecule has 0 radical (unpaired) electrons. The molecule has 0 saturated carbocycles. The molecule has 21 heavy (non-hydrogen) atoms. The molecule has 7 nitrogen and oxygen atoms in total. The van der Waals surface area contributed by atoms with E-state index in [1.165, 1.54) is 13.8 Å². The minimum Gasteiger partial charge on any atom is -0.480 e. The molecule has 2 amide bonds. The van der Waals surface area contributed by atoms with Crippen molar-refractivity contribution in [3.8, 4) is 0 Å². The Morgan fingerprint density at radius 3 is 2.05 bits per heavy atom. The lowest BCUT2D eigenvalue weighted by molar-refractivity contribution is -0.150. The van der Waals surface area contributed by atoms with E-state index in [1.807, 2.05) is 0 Å². The second-order valence-corrected chi connectivity index (χ2v) is 4.45. The highest BCUT2D eigenvalue weighted by Gasteiger charge is 2.36. The summed E-state index contributed by atoms with van der Waals surface area (Å²) >= 11 is 0. The summed E-state index contributed by atoms with van der Waals surface area (Å²) in [6, 6.07) is -1.81. The first-order valence-corrected chi connectivity index (χ1v) is 5.88. The van der Waals surface area contributed by atoms with Crippen molar-refractivity contribution in [3.63, 3.8) is 0 Å². The van der Waals surface area contributed by atoms with E-state index in [4.69, 9.17) is 5.11 Å². The zero-order chi connectivity index (χ0) is 16.8. The fraction of sp³-hybridized carbons (Fsp3) is 0.727. The Hall–Kier alpha value is -2.00. The van der Waals surface area contributed by atoms with Gasteiger partial charge in [0.2, 0.25) is 0 Å². The van der Waals surface area contributed by atoms with Gasteiger partial charge in [0.25, 0.3) is 0 Å². The SMILES string of the molecule is COC(=O)CN(C(=O)N(CC(=O)O)CC(F)(F)F)C(C)C. The smallest absolute Gasteiger partial charge is 0.406 e. The highest BCUT2D eigenvalue weighted by molar-refractivity contribution is 5.84. The molecule has 0 saturated heterocycles. The van der Waals surface area contributed by atoms with Gasteiger partial charge < -0.3 is 19.6 Å². The van der Waals surface area contributed by atoms with Crippen molar-refractivity contribution in [1.82, 2.24) is 9.80 Å². The van der Waals surface area contributed by atoms with Gasteiger partial charge >= 0.3 is 24.1 Å². The first-order valence-electron chi connectivity index (χ1n) is 5.88. The average molecular weight is 314 g/mol. The van der Waals surface area contributed by atoms with Gasteiger partial charge in [0.05, 0.1) is 7.11 Å². The highest BCUT2D eigenvalue weighted by atomic mass is 19.4. The van der Waals surface area contributed by atoms with Gasteiger partial charge in [-0.05, 0) is 13.8 Å². The molecule has 0 aliphatic carbocycles. The summed E-state index contributed by atoms with van der Waals surface area (Å²) in [5.74, 6) is -2.41. The third kappa shape index (κ3) is 7.37. The first-order chi connectivity index (χ1) is 9.47. The number of alkyl halides is 3. The topological polar surface area (TPSA) is 87.2 Å². The zero-order valence-corrected chi connectivity index (χ0v) is 11.8. The van der Waals surface area contributed by atoms with Gasteiger partial charge in [-0.25, -0.2) is 4.79 Å². The molecule has 0 spiro atoms. The molecule has 0 rings (SSSR count). The number of carbonyl (C=O) groups excluding carboxylic acids is 2. The Labute approximate surface area is 119 Å². The molecule has 0 aliphatic heterocycles. The van der Waals surface area contributed by atoms with E-state index in [9.17, 15) is 27.6 Å². The Morgan fingerprint density at radius 1 is 1.19 bits per heavy atom. The Balaban J connectivity index is 5.18. The third-order valence-corrected chi connectivity index (χ3v) is 2.36. The van der Waals surface area contributed by atoms with E-state index < -0.39 is 49.8 Å². The fourth-order valence-corrected chi connectivity index (χ4v) is 1.43. The summed E-state index contributed by atoms with van der Waals surface area (Å²) in [5.41, 5.74) is 0. The van der Waals surface area contributed by atoms with Crippen LogP contribution in [0, 0.1) is 0 Å². The van der Waals surface area contributed by atoms with Crippen molar-refractivity contribution in [2.24, 2.45) is 0 Å². The van der Waals surface area contributed by atoms with Crippen LogP contribution in [-0.2, 0) is 14.3 Å². The van der Waals surface area contributed by atoms with Crippen LogP contribution in [0.1, 0.15) is 13.8 Å². The summed E-state index contributed by atoms with van der Waals surface area (Å²) in [4.78, 5) is 34.7. The number of rotatable bonds is 6. The molecule has 10 heteroatoms. The molecular formula is C11H17F3N2O5. The quantitative estimate of drug-likeness (QED) is 0.737. The molecule has 122 valence electrons.